The molecule has 4 aromatic rings. The minimum atomic E-state index is -0.408. The second-order valence-electron chi connectivity index (χ2n) is 5.65. The van der Waals surface area contributed by atoms with Crippen molar-refractivity contribution in [1.82, 2.24) is 9.97 Å². The molecule has 2 heterocycles. The van der Waals surface area contributed by atoms with Crippen LogP contribution in [0.3, 0.4) is 0 Å². The van der Waals surface area contributed by atoms with Crippen molar-refractivity contribution in [2.75, 3.05) is 11.5 Å². The van der Waals surface area contributed by atoms with Gasteiger partial charge in [0.1, 0.15) is 16.6 Å². The molecule has 0 saturated heterocycles. The Hall–Kier alpha value is -1.40. The lowest BCUT2D eigenvalue weighted by Gasteiger charge is -1.98. The predicted molar refractivity (Wildman–Crippen MR) is 133 cm³/mol. The second-order valence-corrected chi connectivity index (χ2v) is 11.7. The molecule has 4 rings (SSSR count). The Morgan fingerprint density at radius 1 is 0.800 bits per heavy atom. The van der Waals surface area contributed by atoms with Crippen LogP contribution in [-0.4, -0.2) is 9.97 Å². The Balaban J connectivity index is 0.000000173. The Kier molecular flexibility index (Phi) is 9.82. The summed E-state index contributed by atoms with van der Waals surface area (Å²) in [6, 6.07) is 9.43. The van der Waals surface area contributed by atoms with Crippen LogP contribution in [-0.2, 0) is 0 Å². The number of hydrogen-bond donors (Lipinski definition) is 2. The van der Waals surface area contributed by atoms with Gasteiger partial charge in [-0.2, -0.15) is 0 Å². The van der Waals surface area contributed by atoms with E-state index in [2.05, 4.69) is 57.8 Å². The van der Waals surface area contributed by atoms with Gasteiger partial charge in [-0.25, -0.2) is 18.7 Å². The number of aryl methyl sites for hydroxylation is 1. The lowest BCUT2D eigenvalue weighted by molar-refractivity contribution is 0.631. The van der Waals surface area contributed by atoms with Crippen LogP contribution in [0.5, 0.6) is 0 Å². The van der Waals surface area contributed by atoms with Crippen molar-refractivity contribution in [3.8, 4) is 10.6 Å². The van der Waals surface area contributed by atoms with Crippen molar-refractivity contribution in [2.24, 2.45) is 0 Å². The minimum absolute atomic E-state index is 0.157. The molecule has 0 aliphatic heterocycles. The van der Waals surface area contributed by atoms with Crippen molar-refractivity contribution in [1.29, 1.82) is 0 Å². The zero-order valence-electron chi connectivity index (χ0n) is 15.4. The Bertz CT molecular complexity index is 1100. The third-order valence-electron chi connectivity index (χ3n) is 3.33. The van der Waals surface area contributed by atoms with Crippen molar-refractivity contribution in [2.45, 2.75) is 6.92 Å². The summed E-state index contributed by atoms with van der Waals surface area (Å²) in [6.45, 7) is 1.82. The molecule has 4 N–H and O–H groups in total. The Labute approximate surface area is 205 Å². The molecule has 0 fully saturated rings. The summed E-state index contributed by atoms with van der Waals surface area (Å²) in [7, 11) is 0. The number of nitrogens with zero attached hydrogens (tertiary/aromatic N) is 2. The number of thiazole rings is 2. The summed E-state index contributed by atoms with van der Waals surface area (Å²) < 4.78 is 28.5. The van der Waals surface area contributed by atoms with Gasteiger partial charge in [0, 0.05) is 5.56 Å². The highest BCUT2D eigenvalue weighted by Crippen LogP contribution is 2.29. The second kappa shape index (κ2) is 11.8. The monoisotopic (exact) mass is 638 g/mol. The molecule has 0 radical (unpaired) electrons. The average molecular weight is 641 g/mol. The lowest BCUT2D eigenvalue weighted by Crippen LogP contribution is -1.89. The number of nitrogen functional groups attached to an aromatic ring is 2. The average Bonchev–Trinajstić information content (AvgIpc) is 3.29. The SMILES string of the molecule is Brc1cnc(Br)s1.Cc1ccc(N)c(F)c1.Nc1ccc(-c2ncc(Br)s2)cc1F. The van der Waals surface area contributed by atoms with Crippen molar-refractivity contribution < 1.29 is 8.78 Å². The molecule has 0 aliphatic carbocycles. The van der Waals surface area contributed by atoms with Crippen LogP contribution in [0.1, 0.15) is 5.56 Å². The summed E-state index contributed by atoms with van der Waals surface area (Å²) in [5.74, 6) is -0.746. The zero-order valence-corrected chi connectivity index (χ0v) is 21.8. The van der Waals surface area contributed by atoms with Crippen LogP contribution in [0.2, 0.25) is 0 Å². The van der Waals surface area contributed by atoms with Gasteiger partial charge in [0.15, 0.2) is 3.92 Å². The standard InChI is InChI=1S/C9H6BrFN2S.C7H8FN.C3HBr2NS/c10-8-4-13-9(14-8)5-1-2-7(12)6(11)3-5;1-5-2-3-7(9)6(8)4-5;4-2-1-6-3(5)7-2/h1-4H,12H2;2-4H,9H2,1H3;1H. The normalized spacial score (nSPS) is 9.93. The van der Waals surface area contributed by atoms with Crippen LogP contribution < -0.4 is 11.5 Å². The fourth-order valence-corrected chi connectivity index (χ4v) is 5.33. The third-order valence-corrected chi connectivity index (χ3v) is 6.81. The molecule has 2 aromatic heterocycles. The van der Waals surface area contributed by atoms with Gasteiger partial charge >= 0.3 is 0 Å². The maximum atomic E-state index is 13.1. The molecule has 0 bridgehead atoms. The predicted octanol–water partition coefficient (Wildman–Crippen LogP) is 7.68. The minimum Gasteiger partial charge on any atom is -0.396 e. The number of nitrogens with two attached hydrogens (primary N) is 2. The smallest absolute Gasteiger partial charge is 0.160 e. The molecule has 2 aromatic carbocycles. The van der Waals surface area contributed by atoms with Gasteiger partial charge in [-0.1, -0.05) is 6.07 Å². The molecule has 0 aliphatic rings. The molecule has 0 amide bonds. The quantitative estimate of drug-likeness (QED) is 0.209. The highest BCUT2D eigenvalue weighted by atomic mass is 79.9. The first kappa shape index (κ1) is 24.9. The molecule has 0 saturated carbocycles. The van der Waals surface area contributed by atoms with E-state index in [1.54, 1.807) is 48.0 Å². The first-order valence-corrected chi connectivity index (χ1v) is 12.1. The number of hydrogen-bond acceptors (Lipinski definition) is 6. The van der Waals surface area contributed by atoms with Crippen LogP contribution in [0.15, 0.2) is 60.3 Å². The summed E-state index contributed by atoms with van der Waals surface area (Å²) in [4.78, 5) is 8.03. The van der Waals surface area contributed by atoms with Crippen LogP contribution >= 0.6 is 70.5 Å². The Morgan fingerprint density at radius 3 is 1.77 bits per heavy atom. The van der Waals surface area contributed by atoms with E-state index in [1.807, 2.05) is 6.92 Å². The van der Waals surface area contributed by atoms with E-state index in [-0.39, 0.29) is 17.2 Å². The highest BCUT2D eigenvalue weighted by Gasteiger charge is 2.05. The van der Waals surface area contributed by atoms with Crippen LogP contribution in [0, 0.1) is 18.6 Å². The third kappa shape index (κ3) is 8.03. The van der Waals surface area contributed by atoms with E-state index >= 15 is 0 Å². The van der Waals surface area contributed by atoms with E-state index in [4.69, 9.17) is 11.5 Å². The number of benzene rings is 2. The zero-order chi connectivity index (χ0) is 22.3. The highest BCUT2D eigenvalue weighted by molar-refractivity contribution is 9.12. The molecule has 0 unspecified atom stereocenters. The van der Waals surface area contributed by atoms with Crippen molar-refractivity contribution in [3.05, 3.63) is 77.5 Å². The molecular formula is C19H15Br3F2N4S2. The van der Waals surface area contributed by atoms with Gasteiger partial charge in [-0.3, -0.25) is 0 Å². The molecule has 158 valence electrons. The fourth-order valence-electron chi connectivity index (χ4n) is 1.91. The largest absolute Gasteiger partial charge is 0.396 e. The van der Waals surface area contributed by atoms with Gasteiger partial charge < -0.3 is 11.5 Å². The first-order valence-electron chi connectivity index (χ1n) is 8.11. The van der Waals surface area contributed by atoms with Crippen molar-refractivity contribution in [3.63, 3.8) is 0 Å². The molecule has 4 nitrogen and oxygen atoms in total. The molecule has 0 atom stereocenters. The van der Waals surface area contributed by atoms with E-state index in [9.17, 15) is 8.78 Å². The molecule has 30 heavy (non-hydrogen) atoms. The summed E-state index contributed by atoms with van der Waals surface area (Å²) in [5, 5.41) is 0.774. The van der Waals surface area contributed by atoms with Gasteiger partial charge in [-0.05, 0) is 90.6 Å². The maximum absolute atomic E-state index is 13.1. The van der Waals surface area contributed by atoms with Crippen molar-refractivity contribution >= 4 is 81.8 Å². The van der Waals surface area contributed by atoms with E-state index in [0.29, 0.717) is 0 Å². The van der Waals surface area contributed by atoms with Gasteiger partial charge in [0.2, 0.25) is 0 Å². The summed E-state index contributed by atoms with van der Waals surface area (Å²) in [5.41, 5.74) is 12.6. The number of anilines is 2. The van der Waals surface area contributed by atoms with Gasteiger partial charge in [0.25, 0.3) is 0 Å². The number of halogens is 5. The lowest BCUT2D eigenvalue weighted by atomic mass is 10.2. The van der Waals surface area contributed by atoms with Crippen LogP contribution in [0.25, 0.3) is 10.6 Å². The van der Waals surface area contributed by atoms with Gasteiger partial charge in [-0.15, -0.1) is 22.7 Å². The van der Waals surface area contributed by atoms with E-state index in [0.717, 1.165) is 27.6 Å². The van der Waals surface area contributed by atoms with Gasteiger partial charge in [0.05, 0.1) is 31.3 Å². The topological polar surface area (TPSA) is 77.8 Å². The Morgan fingerprint density at radius 2 is 1.37 bits per heavy atom. The van der Waals surface area contributed by atoms with Crippen LogP contribution in [0.4, 0.5) is 20.2 Å². The fraction of sp³-hybridized carbons (Fsp3) is 0.0526. The molecule has 11 heteroatoms. The molecular weight excluding hydrogens is 626 g/mol. The summed E-state index contributed by atoms with van der Waals surface area (Å²) >= 11 is 12.8. The molecule has 0 spiro atoms. The van der Waals surface area contributed by atoms with E-state index in [1.165, 1.54) is 23.5 Å². The first-order chi connectivity index (χ1) is 14.2. The summed E-state index contributed by atoms with van der Waals surface area (Å²) in [6.07, 6.45) is 3.45. The number of aromatic nitrogens is 2. The van der Waals surface area contributed by atoms with E-state index < -0.39 is 5.82 Å². The maximum Gasteiger partial charge on any atom is 0.160 e. The number of rotatable bonds is 1.